The van der Waals surface area contributed by atoms with Crippen LogP contribution in [-0.2, 0) is 25.7 Å². The first-order chi connectivity index (χ1) is 16.6. The molecule has 0 unspecified atom stereocenters. The lowest BCUT2D eigenvalue weighted by molar-refractivity contribution is 0.667. The zero-order valence-corrected chi connectivity index (χ0v) is 20.6. The van der Waals surface area contributed by atoms with E-state index in [1.54, 1.807) is 0 Å². The monoisotopic (exact) mass is 448 g/mol. The van der Waals surface area contributed by atoms with Crippen LogP contribution in [0, 0.1) is 0 Å². The summed E-state index contributed by atoms with van der Waals surface area (Å²) in [5.74, 6) is 0. The van der Waals surface area contributed by atoms with Crippen molar-refractivity contribution in [1.29, 1.82) is 0 Å². The van der Waals surface area contributed by atoms with Crippen molar-refractivity contribution < 1.29 is 8.83 Å². The van der Waals surface area contributed by atoms with Crippen molar-refractivity contribution in [2.45, 2.75) is 53.4 Å². The Labute approximate surface area is 201 Å². The van der Waals surface area contributed by atoms with Crippen LogP contribution in [0.5, 0.6) is 0 Å². The lowest BCUT2D eigenvalue weighted by Gasteiger charge is -1.97. The summed E-state index contributed by atoms with van der Waals surface area (Å²) < 4.78 is 11.8. The van der Waals surface area contributed by atoms with E-state index in [0.29, 0.717) is 0 Å². The maximum atomic E-state index is 5.94. The Bertz CT molecular complexity index is 1480. The fourth-order valence-corrected chi connectivity index (χ4v) is 4.62. The topological polar surface area (TPSA) is 26.3 Å². The Balaban J connectivity index is 0.000000142. The fraction of sp³-hybridized carbons (Fsp3) is 0.250. The first-order valence-electron chi connectivity index (χ1n) is 12.5. The standard InChI is InChI=1S/2C16H16O/c1-3-11-5-7-15-13(9-11)14-10-12(4-2)6-8-16(14)17-15;1-3-11-5-7-13-14-8-6-12(4-2)10-16(14)17-15(13)9-11/h2*5-10H,3-4H2,1-2H3. The van der Waals surface area contributed by atoms with E-state index in [-0.39, 0.29) is 0 Å². The number of fused-ring (bicyclic) bond motifs is 6. The first kappa shape index (κ1) is 22.3. The molecule has 0 aliphatic heterocycles. The van der Waals surface area contributed by atoms with Crippen molar-refractivity contribution in [2.24, 2.45) is 0 Å². The Hall–Kier alpha value is -3.52. The van der Waals surface area contributed by atoms with Crippen molar-refractivity contribution in [1.82, 2.24) is 0 Å². The van der Waals surface area contributed by atoms with Crippen LogP contribution in [0.2, 0.25) is 0 Å². The zero-order valence-electron chi connectivity index (χ0n) is 20.6. The Morgan fingerprint density at radius 2 is 0.735 bits per heavy atom. The SMILES string of the molecule is CCc1ccc2c(c1)oc1cc(CC)ccc12.CCc1ccc2oc3ccc(CC)cc3c2c1. The summed E-state index contributed by atoms with van der Waals surface area (Å²) >= 11 is 0. The molecule has 0 saturated carbocycles. The highest BCUT2D eigenvalue weighted by molar-refractivity contribution is 6.06. The predicted molar refractivity (Wildman–Crippen MR) is 145 cm³/mol. The van der Waals surface area contributed by atoms with Gasteiger partial charge in [0.2, 0.25) is 0 Å². The van der Waals surface area contributed by atoms with E-state index in [2.05, 4.69) is 100 Å². The molecule has 6 rings (SSSR count). The third kappa shape index (κ3) is 4.09. The quantitative estimate of drug-likeness (QED) is 0.268. The van der Waals surface area contributed by atoms with Gasteiger partial charge in [-0.2, -0.15) is 0 Å². The van der Waals surface area contributed by atoms with E-state index in [1.165, 1.54) is 43.8 Å². The van der Waals surface area contributed by atoms with Gasteiger partial charge in [0.25, 0.3) is 0 Å². The van der Waals surface area contributed by atoms with Gasteiger partial charge >= 0.3 is 0 Å². The molecule has 2 heterocycles. The molecule has 0 spiro atoms. The normalized spacial score (nSPS) is 11.4. The highest BCUT2D eigenvalue weighted by atomic mass is 16.3. The van der Waals surface area contributed by atoms with E-state index in [9.17, 15) is 0 Å². The van der Waals surface area contributed by atoms with Gasteiger partial charge in [0.15, 0.2) is 0 Å². The summed E-state index contributed by atoms with van der Waals surface area (Å²) in [6, 6.07) is 26.0. The summed E-state index contributed by atoms with van der Waals surface area (Å²) in [7, 11) is 0. The number of hydrogen-bond donors (Lipinski definition) is 0. The van der Waals surface area contributed by atoms with Crippen molar-refractivity contribution in [3.05, 3.63) is 95.1 Å². The molecule has 0 radical (unpaired) electrons. The molecule has 34 heavy (non-hydrogen) atoms. The molecule has 0 amide bonds. The molecule has 0 N–H and O–H groups in total. The van der Waals surface area contributed by atoms with E-state index in [1.807, 2.05) is 0 Å². The van der Waals surface area contributed by atoms with E-state index < -0.39 is 0 Å². The summed E-state index contributed by atoms with van der Waals surface area (Å²) in [5, 5.41) is 4.93. The molecule has 0 fully saturated rings. The Morgan fingerprint density at radius 1 is 0.382 bits per heavy atom. The minimum absolute atomic E-state index is 0.991. The maximum absolute atomic E-state index is 5.94. The molecule has 0 saturated heterocycles. The van der Waals surface area contributed by atoms with Crippen LogP contribution in [0.15, 0.2) is 81.6 Å². The molecule has 2 aromatic heterocycles. The predicted octanol–water partition coefficient (Wildman–Crippen LogP) is 9.42. The van der Waals surface area contributed by atoms with E-state index in [0.717, 1.165) is 48.0 Å². The maximum Gasteiger partial charge on any atom is 0.135 e. The summed E-state index contributed by atoms with van der Waals surface area (Å²) in [6.45, 7) is 8.69. The van der Waals surface area contributed by atoms with Gasteiger partial charge < -0.3 is 8.83 Å². The fourth-order valence-electron chi connectivity index (χ4n) is 4.62. The lowest BCUT2D eigenvalue weighted by Crippen LogP contribution is -1.79. The molecule has 2 nitrogen and oxygen atoms in total. The molecule has 6 aromatic rings. The molecule has 0 atom stereocenters. The van der Waals surface area contributed by atoms with Crippen LogP contribution in [-0.4, -0.2) is 0 Å². The summed E-state index contributed by atoms with van der Waals surface area (Å²) in [4.78, 5) is 0. The smallest absolute Gasteiger partial charge is 0.135 e. The average Bonchev–Trinajstić information content (AvgIpc) is 3.44. The second-order valence-electron chi connectivity index (χ2n) is 8.94. The molecule has 2 heteroatoms. The molecule has 0 aliphatic rings. The van der Waals surface area contributed by atoms with Gasteiger partial charge in [-0.3, -0.25) is 0 Å². The van der Waals surface area contributed by atoms with Crippen LogP contribution >= 0.6 is 0 Å². The molecule has 0 bridgehead atoms. The van der Waals surface area contributed by atoms with Crippen LogP contribution in [0.25, 0.3) is 43.9 Å². The first-order valence-corrected chi connectivity index (χ1v) is 12.5. The highest BCUT2D eigenvalue weighted by Gasteiger charge is 2.08. The summed E-state index contributed by atoms with van der Waals surface area (Å²) in [5.41, 5.74) is 9.37. The van der Waals surface area contributed by atoms with Gasteiger partial charge in [-0.1, -0.05) is 64.1 Å². The summed E-state index contributed by atoms with van der Waals surface area (Å²) in [6.07, 6.45) is 4.23. The third-order valence-electron chi connectivity index (χ3n) is 6.83. The molecule has 172 valence electrons. The van der Waals surface area contributed by atoms with Crippen molar-refractivity contribution in [3.8, 4) is 0 Å². The van der Waals surface area contributed by atoms with Crippen molar-refractivity contribution in [3.63, 3.8) is 0 Å². The Morgan fingerprint density at radius 3 is 1.15 bits per heavy atom. The Kier molecular flexibility index (Phi) is 6.15. The number of furan rings is 2. The number of hydrogen-bond acceptors (Lipinski definition) is 2. The second kappa shape index (κ2) is 9.38. The lowest BCUT2D eigenvalue weighted by atomic mass is 10.1. The van der Waals surface area contributed by atoms with Gasteiger partial charge in [0.05, 0.1) is 0 Å². The average molecular weight is 449 g/mol. The minimum Gasteiger partial charge on any atom is -0.456 e. The van der Waals surface area contributed by atoms with Crippen LogP contribution in [0.1, 0.15) is 49.9 Å². The van der Waals surface area contributed by atoms with E-state index >= 15 is 0 Å². The number of aryl methyl sites for hydroxylation is 4. The molecule has 4 aromatic carbocycles. The molecular formula is C32H32O2. The third-order valence-corrected chi connectivity index (χ3v) is 6.83. The van der Waals surface area contributed by atoms with Crippen molar-refractivity contribution in [2.75, 3.05) is 0 Å². The van der Waals surface area contributed by atoms with Gasteiger partial charge in [0, 0.05) is 21.5 Å². The van der Waals surface area contributed by atoms with Crippen molar-refractivity contribution >= 4 is 43.9 Å². The second-order valence-corrected chi connectivity index (χ2v) is 8.94. The van der Waals surface area contributed by atoms with E-state index in [4.69, 9.17) is 8.83 Å². The van der Waals surface area contributed by atoms with Crippen LogP contribution in [0.3, 0.4) is 0 Å². The van der Waals surface area contributed by atoms with Gasteiger partial charge in [-0.25, -0.2) is 0 Å². The van der Waals surface area contributed by atoms with Gasteiger partial charge in [-0.15, -0.1) is 0 Å². The molecular weight excluding hydrogens is 416 g/mol. The van der Waals surface area contributed by atoms with Crippen LogP contribution < -0.4 is 0 Å². The van der Waals surface area contributed by atoms with Gasteiger partial charge in [0.1, 0.15) is 22.3 Å². The number of rotatable bonds is 4. The van der Waals surface area contributed by atoms with Crippen LogP contribution in [0.4, 0.5) is 0 Å². The highest BCUT2D eigenvalue weighted by Crippen LogP contribution is 2.31. The minimum atomic E-state index is 0.991. The largest absolute Gasteiger partial charge is 0.456 e. The molecule has 0 aliphatic carbocycles. The zero-order chi connectivity index (χ0) is 23.7. The number of benzene rings is 4. The van der Waals surface area contributed by atoms with Gasteiger partial charge in [-0.05, 0) is 84.3 Å².